The molecule has 0 aliphatic carbocycles. The summed E-state index contributed by atoms with van der Waals surface area (Å²) in [6.45, 7) is 1.73. The average Bonchev–Trinajstić information content (AvgIpc) is 3.27. The molecular weight excluding hydrogens is 375 g/mol. The molecule has 1 aromatic carbocycles. The second-order valence-electron chi connectivity index (χ2n) is 5.67. The van der Waals surface area contributed by atoms with E-state index in [1.807, 2.05) is 0 Å². The molecule has 0 saturated carbocycles. The van der Waals surface area contributed by atoms with Gasteiger partial charge in [0.15, 0.2) is 5.69 Å². The third kappa shape index (κ3) is 4.50. The van der Waals surface area contributed by atoms with Crippen LogP contribution in [-0.2, 0) is 17.8 Å². The normalized spacial score (nSPS) is 11.9. The summed E-state index contributed by atoms with van der Waals surface area (Å²) in [5, 5.41) is 24.7. The summed E-state index contributed by atoms with van der Waals surface area (Å²) in [6, 6.07) is 5.15. The predicted molar refractivity (Wildman–Crippen MR) is 92.6 cm³/mol. The van der Waals surface area contributed by atoms with Crippen LogP contribution in [-0.4, -0.2) is 42.2 Å². The first kappa shape index (κ1) is 18.6. The number of aromatic carboxylic acids is 1. The summed E-state index contributed by atoms with van der Waals surface area (Å²) in [5.74, 6) is -1.48. The summed E-state index contributed by atoms with van der Waals surface area (Å²) in [5.41, 5.74) is 0.546. The Morgan fingerprint density at radius 1 is 1.41 bits per heavy atom. The van der Waals surface area contributed by atoms with Crippen LogP contribution in [0.25, 0.3) is 0 Å². The Kier molecular flexibility index (Phi) is 5.50. The molecule has 0 aliphatic heterocycles. The fourth-order valence-corrected chi connectivity index (χ4v) is 3.18. The maximum atomic E-state index is 13.5. The lowest BCUT2D eigenvalue weighted by molar-refractivity contribution is -0.124. The van der Waals surface area contributed by atoms with Crippen LogP contribution in [0.2, 0.25) is 0 Å². The first-order valence-corrected chi connectivity index (χ1v) is 8.76. The molecule has 3 aromatic rings. The molecule has 0 radical (unpaired) electrons. The van der Waals surface area contributed by atoms with Gasteiger partial charge in [-0.25, -0.2) is 18.9 Å². The van der Waals surface area contributed by atoms with Crippen molar-refractivity contribution in [3.8, 4) is 0 Å². The van der Waals surface area contributed by atoms with Crippen LogP contribution in [0.5, 0.6) is 0 Å². The lowest BCUT2D eigenvalue weighted by Crippen LogP contribution is -2.34. The van der Waals surface area contributed by atoms with Gasteiger partial charge in [0.2, 0.25) is 5.91 Å². The van der Waals surface area contributed by atoms with E-state index in [2.05, 4.69) is 25.8 Å². The van der Waals surface area contributed by atoms with Gasteiger partial charge in [-0.15, -0.1) is 16.4 Å². The number of aryl methyl sites for hydroxylation is 1. The average molecular weight is 390 g/mol. The van der Waals surface area contributed by atoms with E-state index in [1.165, 1.54) is 22.2 Å². The third-order valence-corrected chi connectivity index (χ3v) is 4.61. The SMILES string of the molecule is Cc1nnnn1C(Cc1cccc(F)c1)C(=O)NCc1nc(C(=O)O)cs1. The molecule has 0 aliphatic rings. The van der Waals surface area contributed by atoms with E-state index in [4.69, 9.17) is 5.11 Å². The summed E-state index contributed by atoms with van der Waals surface area (Å²) in [7, 11) is 0. The smallest absolute Gasteiger partial charge is 0.355 e. The number of carboxylic acid groups (broad SMARTS) is 1. The second-order valence-corrected chi connectivity index (χ2v) is 6.61. The topological polar surface area (TPSA) is 123 Å². The largest absolute Gasteiger partial charge is 0.476 e. The first-order chi connectivity index (χ1) is 12.9. The van der Waals surface area contributed by atoms with Crippen molar-refractivity contribution in [3.63, 3.8) is 0 Å². The van der Waals surface area contributed by atoms with Gasteiger partial charge in [-0.2, -0.15) is 0 Å². The Balaban J connectivity index is 1.76. The molecule has 0 spiro atoms. The van der Waals surface area contributed by atoms with Crippen molar-refractivity contribution in [2.24, 2.45) is 0 Å². The van der Waals surface area contributed by atoms with Gasteiger partial charge < -0.3 is 10.4 Å². The zero-order chi connectivity index (χ0) is 19.4. The van der Waals surface area contributed by atoms with Crippen LogP contribution in [0.3, 0.4) is 0 Å². The molecule has 1 amide bonds. The van der Waals surface area contributed by atoms with Crippen LogP contribution < -0.4 is 5.32 Å². The molecule has 11 heteroatoms. The van der Waals surface area contributed by atoms with E-state index in [0.717, 1.165) is 11.3 Å². The van der Waals surface area contributed by atoms with Gasteiger partial charge in [-0.3, -0.25) is 4.79 Å². The number of benzene rings is 1. The minimum Gasteiger partial charge on any atom is -0.476 e. The minimum absolute atomic E-state index is 0.0671. The molecule has 2 N–H and O–H groups in total. The van der Waals surface area contributed by atoms with E-state index >= 15 is 0 Å². The highest BCUT2D eigenvalue weighted by Gasteiger charge is 2.24. The number of aromatic nitrogens is 5. The lowest BCUT2D eigenvalue weighted by Gasteiger charge is -2.17. The Morgan fingerprint density at radius 2 is 2.22 bits per heavy atom. The Hall–Kier alpha value is -3.21. The number of tetrazole rings is 1. The number of carbonyl (C=O) groups excluding carboxylic acids is 1. The van der Waals surface area contributed by atoms with Crippen molar-refractivity contribution in [1.82, 2.24) is 30.5 Å². The molecule has 2 aromatic heterocycles. The maximum Gasteiger partial charge on any atom is 0.355 e. The highest BCUT2D eigenvalue weighted by Crippen LogP contribution is 2.17. The third-order valence-electron chi connectivity index (χ3n) is 3.76. The quantitative estimate of drug-likeness (QED) is 0.625. The monoisotopic (exact) mass is 390 g/mol. The molecule has 0 fully saturated rings. The number of thiazole rings is 1. The number of carboxylic acids is 1. The minimum atomic E-state index is -1.13. The fraction of sp³-hybridized carbons (Fsp3) is 0.250. The summed E-state index contributed by atoms with van der Waals surface area (Å²) in [4.78, 5) is 27.5. The van der Waals surface area contributed by atoms with Crippen molar-refractivity contribution in [2.45, 2.75) is 25.9 Å². The van der Waals surface area contributed by atoms with Crippen molar-refractivity contribution in [3.05, 3.63) is 57.6 Å². The molecular formula is C16H15FN6O3S. The zero-order valence-corrected chi connectivity index (χ0v) is 15.0. The molecule has 1 unspecified atom stereocenters. The van der Waals surface area contributed by atoms with Gasteiger partial charge in [0.25, 0.3) is 0 Å². The molecule has 0 bridgehead atoms. The molecule has 27 heavy (non-hydrogen) atoms. The molecule has 140 valence electrons. The number of hydrogen-bond donors (Lipinski definition) is 2. The van der Waals surface area contributed by atoms with Crippen LogP contribution in [0, 0.1) is 12.7 Å². The Labute approximate surface area is 156 Å². The van der Waals surface area contributed by atoms with E-state index < -0.39 is 17.8 Å². The number of carbonyl (C=O) groups is 2. The predicted octanol–water partition coefficient (Wildman–Crippen LogP) is 1.38. The number of nitrogens with one attached hydrogen (secondary N) is 1. The van der Waals surface area contributed by atoms with Crippen molar-refractivity contribution < 1.29 is 19.1 Å². The second kappa shape index (κ2) is 7.99. The number of amides is 1. The van der Waals surface area contributed by atoms with Gasteiger partial charge in [0, 0.05) is 11.8 Å². The highest BCUT2D eigenvalue weighted by molar-refractivity contribution is 7.09. The van der Waals surface area contributed by atoms with Gasteiger partial charge in [0.05, 0.1) is 6.54 Å². The van der Waals surface area contributed by atoms with Crippen LogP contribution in [0.1, 0.15) is 32.9 Å². The van der Waals surface area contributed by atoms with Gasteiger partial charge in [0.1, 0.15) is 22.7 Å². The van der Waals surface area contributed by atoms with Gasteiger partial charge >= 0.3 is 5.97 Å². The fourth-order valence-electron chi connectivity index (χ4n) is 2.47. The zero-order valence-electron chi connectivity index (χ0n) is 14.2. The molecule has 3 rings (SSSR count). The lowest BCUT2D eigenvalue weighted by atomic mass is 10.1. The first-order valence-electron chi connectivity index (χ1n) is 7.88. The van der Waals surface area contributed by atoms with Crippen LogP contribution in [0.15, 0.2) is 29.6 Å². The van der Waals surface area contributed by atoms with Gasteiger partial charge in [-0.05, 0) is 35.0 Å². The van der Waals surface area contributed by atoms with E-state index in [-0.39, 0.29) is 24.6 Å². The molecule has 2 heterocycles. The standard InChI is InChI=1S/C16H15FN6O3S/c1-9-20-21-22-23(9)13(6-10-3-2-4-11(17)5-10)15(24)18-7-14-19-12(8-27-14)16(25)26/h2-5,8,13H,6-7H2,1H3,(H,18,24)(H,25,26). The molecule has 9 nitrogen and oxygen atoms in total. The summed E-state index contributed by atoms with van der Waals surface area (Å²) in [6.07, 6.45) is 0.188. The van der Waals surface area contributed by atoms with Gasteiger partial charge in [-0.1, -0.05) is 12.1 Å². The Morgan fingerprint density at radius 3 is 2.85 bits per heavy atom. The number of halogens is 1. The van der Waals surface area contributed by atoms with E-state index in [9.17, 15) is 14.0 Å². The van der Waals surface area contributed by atoms with E-state index in [1.54, 1.807) is 19.1 Å². The summed E-state index contributed by atoms with van der Waals surface area (Å²) >= 11 is 1.13. The van der Waals surface area contributed by atoms with Crippen LogP contribution >= 0.6 is 11.3 Å². The number of nitrogens with zero attached hydrogens (tertiary/aromatic N) is 5. The Bertz CT molecular complexity index is 972. The maximum absolute atomic E-state index is 13.5. The highest BCUT2D eigenvalue weighted by atomic mass is 32.1. The van der Waals surface area contributed by atoms with E-state index in [0.29, 0.717) is 16.4 Å². The molecule has 0 saturated heterocycles. The summed E-state index contributed by atoms with van der Waals surface area (Å²) < 4.78 is 14.8. The van der Waals surface area contributed by atoms with Crippen LogP contribution in [0.4, 0.5) is 4.39 Å². The van der Waals surface area contributed by atoms with Crippen molar-refractivity contribution in [1.29, 1.82) is 0 Å². The number of hydrogen-bond acceptors (Lipinski definition) is 7. The van der Waals surface area contributed by atoms with Crippen molar-refractivity contribution in [2.75, 3.05) is 0 Å². The number of rotatable bonds is 7. The molecule has 1 atom stereocenters. The van der Waals surface area contributed by atoms with Crippen molar-refractivity contribution >= 4 is 23.2 Å².